The molecule has 2 aromatic rings. The quantitative estimate of drug-likeness (QED) is 0.788. The molecule has 1 fully saturated rings. The van der Waals surface area contributed by atoms with Gasteiger partial charge in [0, 0.05) is 30.0 Å². The summed E-state index contributed by atoms with van der Waals surface area (Å²) in [6.07, 6.45) is 2.98. The lowest BCUT2D eigenvalue weighted by Gasteiger charge is -2.38. The van der Waals surface area contributed by atoms with Crippen molar-refractivity contribution in [1.82, 2.24) is 14.9 Å². The van der Waals surface area contributed by atoms with Crippen molar-refractivity contribution in [2.24, 2.45) is 0 Å². The number of carbonyl (C=O) groups is 1. The number of methoxy groups -OCH3 is 2. The standard InChI is InChI=1S/C21H29N3O4/c1-13-9-14(7-8-24(13)20(25)28-21(2,3)4)19-15-10-17(26-5)18(27-6)11-16(15)22-12-23-19/h10-14H,7-9H2,1-6H3. The van der Waals surface area contributed by atoms with Crippen molar-refractivity contribution in [3.63, 3.8) is 0 Å². The van der Waals surface area contributed by atoms with Crippen molar-refractivity contribution in [3.8, 4) is 11.5 Å². The Morgan fingerprint density at radius 1 is 1.14 bits per heavy atom. The molecular weight excluding hydrogens is 358 g/mol. The summed E-state index contributed by atoms with van der Waals surface area (Å²) in [5.41, 5.74) is 1.32. The molecule has 1 aromatic carbocycles. The number of hydrogen-bond donors (Lipinski definition) is 0. The highest BCUT2D eigenvalue weighted by Gasteiger charge is 2.33. The lowest BCUT2D eigenvalue weighted by atomic mass is 9.87. The maximum Gasteiger partial charge on any atom is 0.410 e. The van der Waals surface area contributed by atoms with E-state index in [-0.39, 0.29) is 18.1 Å². The molecule has 7 heteroatoms. The molecule has 1 aliphatic heterocycles. The zero-order valence-corrected chi connectivity index (χ0v) is 17.5. The molecule has 152 valence electrons. The second-order valence-electron chi connectivity index (χ2n) is 8.23. The Morgan fingerprint density at radius 3 is 2.43 bits per heavy atom. The Labute approximate surface area is 166 Å². The second kappa shape index (κ2) is 7.81. The van der Waals surface area contributed by atoms with Gasteiger partial charge in [-0.25, -0.2) is 14.8 Å². The summed E-state index contributed by atoms with van der Waals surface area (Å²) < 4.78 is 16.4. The smallest absolute Gasteiger partial charge is 0.410 e. The fourth-order valence-electron chi connectivity index (χ4n) is 3.74. The highest BCUT2D eigenvalue weighted by Crippen LogP contribution is 2.38. The highest BCUT2D eigenvalue weighted by atomic mass is 16.6. The van der Waals surface area contributed by atoms with Crippen LogP contribution in [0, 0.1) is 0 Å². The van der Waals surface area contributed by atoms with Gasteiger partial charge in [-0.05, 0) is 46.6 Å². The topological polar surface area (TPSA) is 73.8 Å². The number of piperidine rings is 1. The number of hydrogen-bond acceptors (Lipinski definition) is 6. The van der Waals surface area contributed by atoms with Crippen LogP contribution in [0.3, 0.4) is 0 Å². The summed E-state index contributed by atoms with van der Waals surface area (Å²) in [4.78, 5) is 23.3. The molecule has 1 saturated heterocycles. The Balaban J connectivity index is 1.85. The monoisotopic (exact) mass is 387 g/mol. The number of rotatable bonds is 3. The van der Waals surface area contributed by atoms with Crippen molar-refractivity contribution in [1.29, 1.82) is 0 Å². The fourth-order valence-corrected chi connectivity index (χ4v) is 3.74. The van der Waals surface area contributed by atoms with Crippen LogP contribution in [0.2, 0.25) is 0 Å². The molecule has 0 aliphatic carbocycles. The van der Waals surface area contributed by atoms with Crippen molar-refractivity contribution in [2.45, 2.75) is 58.1 Å². The molecule has 1 aromatic heterocycles. The van der Waals surface area contributed by atoms with E-state index in [0.717, 1.165) is 29.4 Å². The molecule has 0 spiro atoms. The van der Waals surface area contributed by atoms with Crippen molar-refractivity contribution in [2.75, 3.05) is 20.8 Å². The molecule has 2 unspecified atom stereocenters. The SMILES string of the molecule is COc1cc2ncnc(C3CCN(C(=O)OC(C)(C)C)C(C)C3)c2cc1OC. The van der Waals surface area contributed by atoms with Crippen LogP contribution >= 0.6 is 0 Å². The Bertz CT molecular complexity index is 863. The van der Waals surface area contributed by atoms with Gasteiger partial charge in [-0.15, -0.1) is 0 Å². The van der Waals surface area contributed by atoms with Gasteiger partial charge in [-0.1, -0.05) is 0 Å². The third-order valence-electron chi connectivity index (χ3n) is 5.06. The van der Waals surface area contributed by atoms with E-state index < -0.39 is 5.60 Å². The lowest BCUT2D eigenvalue weighted by molar-refractivity contribution is 0.0103. The minimum absolute atomic E-state index is 0.0683. The van der Waals surface area contributed by atoms with Crippen molar-refractivity contribution in [3.05, 3.63) is 24.2 Å². The molecule has 0 saturated carbocycles. The number of ether oxygens (including phenoxy) is 3. The first-order chi connectivity index (χ1) is 13.2. The molecule has 1 aliphatic rings. The van der Waals surface area contributed by atoms with Gasteiger partial charge < -0.3 is 19.1 Å². The van der Waals surface area contributed by atoms with E-state index in [2.05, 4.69) is 16.9 Å². The second-order valence-corrected chi connectivity index (χ2v) is 8.23. The average molecular weight is 387 g/mol. The summed E-state index contributed by atoms with van der Waals surface area (Å²) in [6.45, 7) is 8.35. The normalized spacial score (nSPS) is 20.1. The molecule has 2 heterocycles. The Kier molecular flexibility index (Phi) is 5.63. The van der Waals surface area contributed by atoms with Gasteiger partial charge in [-0.3, -0.25) is 0 Å². The van der Waals surface area contributed by atoms with Gasteiger partial charge in [0.1, 0.15) is 11.9 Å². The molecular formula is C21H29N3O4. The van der Waals surface area contributed by atoms with E-state index >= 15 is 0 Å². The number of fused-ring (bicyclic) bond motifs is 1. The first-order valence-electron chi connectivity index (χ1n) is 9.59. The largest absolute Gasteiger partial charge is 0.493 e. The molecule has 28 heavy (non-hydrogen) atoms. The number of amides is 1. The van der Waals surface area contributed by atoms with Crippen LogP contribution in [0.5, 0.6) is 11.5 Å². The van der Waals surface area contributed by atoms with Crippen LogP contribution in [-0.2, 0) is 4.74 Å². The molecule has 0 radical (unpaired) electrons. The number of carbonyl (C=O) groups excluding carboxylic acids is 1. The zero-order valence-electron chi connectivity index (χ0n) is 17.5. The van der Waals surface area contributed by atoms with Crippen LogP contribution < -0.4 is 9.47 Å². The first-order valence-corrected chi connectivity index (χ1v) is 9.59. The minimum atomic E-state index is -0.494. The summed E-state index contributed by atoms with van der Waals surface area (Å²) in [6, 6.07) is 3.88. The van der Waals surface area contributed by atoms with Crippen LogP contribution in [0.15, 0.2) is 18.5 Å². The van der Waals surface area contributed by atoms with Gasteiger partial charge in [-0.2, -0.15) is 0 Å². The number of aromatic nitrogens is 2. The summed E-state index contributed by atoms with van der Waals surface area (Å²) >= 11 is 0. The molecule has 0 N–H and O–H groups in total. The predicted molar refractivity (Wildman–Crippen MR) is 107 cm³/mol. The predicted octanol–water partition coefficient (Wildman–Crippen LogP) is 4.15. The van der Waals surface area contributed by atoms with E-state index in [1.54, 1.807) is 20.5 Å². The van der Waals surface area contributed by atoms with Crippen LogP contribution in [-0.4, -0.2) is 53.4 Å². The zero-order chi connectivity index (χ0) is 20.5. The van der Waals surface area contributed by atoms with E-state index in [4.69, 9.17) is 14.2 Å². The Morgan fingerprint density at radius 2 is 1.82 bits per heavy atom. The Hall–Kier alpha value is -2.57. The van der Waals surface area contributed by atoms with E-state index in [1.807, 2.05) is 37.8 Å². The van der Waals surface area contributed by atoms with E-state index in [0.29, 0.717) is 18.0 Å². The van der Waals surface area contributed by atoms with E-state index in [9.17, 15) is 4.79 Å². The molecule has 0 bridgehead atoms. The van der Waals surface area contributed by atoms with Gasteiger partial charge in [0.2, 0.25) is 0 Å². The summed E-state index contributed by atoms with van der Waals surface area (Å²) in [7, 11) is 3.23. The minimum Gasteiger partial charge on any atom is -0.493 e. The number of likely N-dealkylation sites (tertiary alicyclic amines) is 1. The van der Waals surface area contributed by atoms with Gasteiger partial charge in [0.15, 0.2) is 11.5 Å². The molecule has 3 rings (SSSR count). The van der Waals surface area contributed by atoms with Gasteiger partial charge in [0.05, 0.1) is 25.4 Å². The van der Waals surface area contributed by atoms with Gasteiger partial charge >= 0.3 is 6.09 Å². The molecule has 1 amide bonds. The van der Waals surface area contributed by atoms with Crippen LogP contribution in [0.4, 0.5) is 4.79 Å². The average Bonchev–Trinajstić information content (AvgIpc) is 2.64. The molecule has 7 nitrogen and oxygen atoms in total. The van der Waals surface area contributed by atoms with Crippen LogP contribution in [0.1, 0.15) is 52.1 Å². The number of benzene rings is 1. The number of nitrogens with zero attached hydrogens (tertiary/aromatic N) is 3. The summed E-state index contributed by atoms with van der Waals surface area (Å²) in [5.74, 6) is 1.54. The summed E-state index contributed by atoms with van der Waals surface area (Å²) in [5, 5.41) is 0.961. The maximum absolute atomic E-state index is 12.5. The fraction of sp³-hybridized carbons (Fsp3) is 0.571. The highest BCUT2D eigenvalue weighted by molar-refractivity contribution is 5.85. The third-order valence-corrected chi connectivity index (χ3v) is 5.06. The van der Waals surface area contributed by atoms with E-state index in [1.165, 1.54) is 0 Å². The third kappa shape index (κ3) is 4.13. The molecule has 2 atom stereocenters. The van der Waals surface area contributed by atoms with Gasteiger partial charge in [0.25, 0.3) is 0 Å². The lowest BCUT2D eigenvalue weighted by Crippen LogP contribution is -2.46. The van der Waals surface area contributed by atoms with Crippen molar-refractivity contribution >= 4 is 17.0 Å². The maximum atomic E-state index is 12.5. The van der Waals surface area contributed by atoms with Crippen molar-refractivity contribution < 1.29 is 19.0 Å². The first kappa shape index (κ1) is 20.2. The van der Waals surface area contributed by atoms with Crippen LogP contribution in [0.25, 0.3) is 10.9 Å².